The summed E-state index contributed by atoms with van der Waals surface area (Å²) in [7, 11) is 0. The van der Waals surface area contributed by atoms with Gasteiger partial charge in [0, 0.05) is 12.8 Å². The first-order chi connectivity index (χ1) is 41.5. The van der Waals surface area contributed by atoms with Crippen LogP contribution in [0, 0.1) is 0 Å². The third-order valence-electron chi connectivity index (χ3n) is 18.6. The highest BCUT2D eigenvalue weighted by Crippen LogP contribution is 2.20. The predicted molar refractivity (Wildman–Crippen MR) is 370 cm³/mol. The highest BCUT2D eigenvalue weighted by molar-refractivity contribution is 5.76. The standard InChI is InChI=1S/C78H153NO5/c1-3-5-7-9-11-13-15-16-17-41-45-48-52-56-60-64-68-72-78(83)84-73-69-65-61-57-53-49-46-43-40-38-36-34-32-30-28-26-24-22-20-18-19-21-23-25-27-29-31-33-35-37-39-42-44-47-51-55-59-63-67-71-77(82)79-75(74-80)76(81)70-66-62-58-54-50-14-12-10-8-6-4-2/h16-17,75-76,80-81H,3-15,18-74H2,1-2H3,(H,79,82)/b17-16-. The molecule has 0 aromatic heterocycles. The molecule has 0 heterocycles. The number of esters is 1. The number of nitrogens with one attached hydrogen (secondary N) is 1. The largest absolute Gasteiger partial charge is 0.466 e. The van der Waals surface area contributed by atoms with Gasteiger partial charge in [-0.25, -0.2) is 0 Å². The zero-order chi connectivity index (χ0) is 60.6. The number of aliphatic hydroxyl groups is 2. The fourth-order valence-corrected chi connectivity index (χ4v) is 12.6. The molecule has 6 heteroatoms. The third kappa shape index (κ3) is 69.7. The van der Waals surface area contributed by atoms with Crippen LogP contribution in [0.25, 0.3) is 0 Å². The number of unbranched alkanes of at least 4 members (excludes halogenated alkanes) is 61. The van der Waals surface area contributed by atoms with Crippen LogP contribution in [-0.4, -0.2) is 47.4 Å². The van der Waals surface area contributed by atoms with Gasteiger partial charge in [-0.2, -0.15) is 0 Å². The van der Waals surface area contributed by atoms with Gasteiger partial charge in [0.2, 0.25) is 5.91 Å². The molecule has 0 fully saturated rings. The monoisotopic (exact) mass is 1180 g/mol. The van der Waals surface area contributed by atoms with Crippen molar-refractivity contribution < 1.29 is 24.5 Å². The van der Waals surface area contributed by atoms with E-state index in [1.165, 1.54) is 379 Å². The smallest absolute Gasteiger partial charge is 0.305 e. The molecule has 0 aliphatic heterocycles. The molecule has 0 saturated carbocycles. The Balaban J connectivity index is 3.26. The summed E-state index contributed by atoms with van der Waals surface area (Å²) >= 11 is 0. The van der Waals surface area contributed by atoms with Crippen LogP contribution in [0.3, 0.4) is 0 Å². The summed E-state index contributed by atoms with van der Waals surface area (Å²) in [6.07, 6.45) is 93.2. The maximum Gasteiger partial charge on any atom is 0.305 e. The van der Waals surface area contributed by atoms with E-state index in [1.807, 2.05) is 0 Å². The van der Waals surface area contributed by atoms with Crippen LogP contribution in [0.2, 0.25) is 0 Å². The zero-order valence-corrected chi connectivity index (χ0v) is 57.4. The first-order valence-corrected chi connectivity index (χ1v) is 38.9. The van der Waals surface area contributed by atoms with Crippen molar-refractivity contribution in [3.05, 3.63) is 12.2 Å². The second-order valence-electron chi connectivity index (χ2n) is 27.0. The fraction of sp³-hybridized carbons (Fsp3) is 0.949. The van der Waals surface area contributed by atoms with E-state index in [9.17, 15) is 19.8 Å². The molecule has 84 heavy (non-hydrogen) atoms. The Hall–Kier alpha value is -1.40. The van der Waals surface area contributed by atoms with Crippen molar-refractivity contribution in [2.24, 2.45) is 0 Å². The number of amides is 1. The number of hydrogen-bond acceptors (Lipinski definition) is 5. The van der Waals surface area contributed by atoms with E-state index in [4.69, 9.17) is 4.74 Å². The van der Waals surface area contributed by atoms with Gasteiger partial charge in [-0.05, 0) is 51.4 Å². The van der Waals surface area contributed by atoms with Crippen molar-refractivity contribution in [3.63, 3.8) is 0 Å². The van der Waals surface area contributed by atoms with Crippen molar-refractivity contribution in [1.82, 2.24) is 5.32 Å². The van der Waals surface area contributed by atoms with Crippen molar-refractivity contribution in [1.29, 1.82) is 0 Å². The molecule has 0 aromatic rings. The summed E-state index contributed by atoms with van der Waals surface area (Å²) in [6.45, 7) is 4.98. The van der Waals surface area contributed by atoms with E-state index >= 15 is 0 Å². The second-order valence-corrected chi connectivity index (χ2v) is 27.0. The minimum atomic E-state index is -0.657. The molecule has 0 rings (SSSR count). The molecule has 0 spiro atoms. The second kappa shape index (κ2) is 74.1. The highest BCUT2D eigenvalue weighted by Gasteiger charge is 2.20. The van der Waals surface area contributed by atoms with E-state index < -0.39 is 12.1 Å². The Morgan fingerprint density at radius 2 is 0.560 bits per heavy atom. The summed E-state index contributed by atoms with van der Waals surface area (Å²) in [5.74, 6) is -0.00545. The number of rotatable bonds is 74. The van der Waals surface area contributed by atoms with Crippen LogP contribution >= 0.6 is 0 Å². The molecule has 0 radical (unpaired) electrons. The average molecular weight is 1190 g/mol. The molecule has 1 amide bonds. The first kappa shape index (κ1) is 82.6. The summed E-state index contributed by atoms with van der Waals surface area (Å²) in [5, 5.41) is 23.2. The molecule has 0 aromatic carbocycles. The Labute approximate surface area is 527 Å². The van der Waals surface area contributed by atoms with E-state index in [0.717, 1.165) is 38.5 Å². The maximum absolute atomic E-state index is 12.5. The van der Waals surface area contributed by atoms with Gasteiger partial charge >= 0.3 is 5.97 Å². The molecule has 3 N–H and O–H groups in total. The van der Waals surface area contributed by atoms with E-state index in [2.05, 4.69) is 31.3 Å². The lowest BCUT2D eigenvalue weighted by Crippen LogP contribution is -2.45. The van der Waals surface area contributed by atoms with Crippen LogP contribution in [0.1, 0.15) is 450 Å². The van der Waals surface area contributed by atoms with Crippen molar-refractivity contribution in [3.8, 4) is 0 Å². The Morgan fingerprint density at radius 3 is 0.845 bits per heavy atom. The van der Waals surface area contributed by atoms with Crippen LogP contribution in [0.4, 0.5) is 0 Å². The molecule has 6 nitrogen and oxygen atoms in total. The highest BCUT2D eigenvalue weighted by atomic mass is 16.5. The lowest BCUT2D eigenvalue weighted by molar-refractivity contribution is -0.143. The summed E-state index contributed by atoms with van der Waals surface area (Å²) < 4.78 is 5.51. The topological polar surface area (TPSA) is 95.9 Å². The van der Waals surface area contributed by atoms with Crippen LogP contribution in [0.15, 0.2) is 12.2 Å². The molecule has 2 unspecified atom stereocenters. The minimum absolute atomic E-state index is 0.0217. The lowest BCUT2D eigenvalue weighted by Gasteiger charge is -2.22. The van der Waals surface area contributed by atoms with Gasteiger partial charge in [0.25, 0.3) is 0 Å². The van der Waals surface area contributed by atoms with Crippen LogP contribution in [0.5, 0.6) is 0 Å². The molecule has 2 atom stereocenters. The molecule has 0 saturated heterocycles. The number of ether oxygens (including phenoxy) is 1. The van der Waals surface area contributed by atoms with Crippen molar-refractivity contribution in [2.75, 3.05) is 13.2 Å². The Bertz CT molecular complexity index is 1270. The average Bonchev–Trinajstić information content (AvgIpc) is 3.53. The fourth-order valence-electron chi connectivity index (χ4n) is 12.6. The molecular weight excluding hydrogens is 1030 g/mol. The number of carbonyl (C=O) groups excluding carboxylic acids is 2. The minimum Gasteiger partial charge on any atom is -0.466 e. The SMILES string of the molecule is CCCCCCCC/C=C\CCCCCCCCCC(=O)OCCCCCCCCCCCCCCCCCCCCCCCCCCCCCCCCCCCCCCCCCC(=O)NC(CO)C(O)CCCCCCCCCCCCC. The van der Waals surface area contributed by atoms with E-state index in [0.29, 0.717) is 25.9 Å². The number of allylic oxidation sites excluding steroid dienone is 2. The number of aliphatic hydroxyl groups excluding tert-OH is 2. The van der Waals surface area contributed by atoms with Crippen LogP contribution < -0.4 is 5.32 Å². The molecule has 0 aliphatic carbocycles. The predicted octanol–water partition coefficient (Wildman–Crippen LogP) is 25.5. The van der Waals surface area contributed by atoms with Gasteiger partial charge in [-0.1, -0.05) is 398 Å². The van der Waals surface area contributed by atoms with Crippen molar-refractivity contribution >= 4 is 11.9 Å². The lowest BCUT2D eigenvalue weighted by atomic mass is 10.0. The maximum atomic E-state index is 12.5. The molecular formula is C78H153NO5. The zero-order valence-electron chi connectivity index (χ0n) is 57.4. The quantitative estimate of drug-likeness (QED) is 0.0320. The first-order valence-electron chi connectivity index (χ1n) is 38.9. The van der Waals surface area contributed by atoms with Crippen LogP contribution in [-0.2, 0) is 14.3 Å². The van der Waals surface area contributed by atoms with Crippen molar-refractivity contribution in [2.45, 2.75) is 463 Å². The molecule has 500 valence electrons. The van der Waals surface area contributed by atoms with E-state index in [-0.39, 0.29) is 18.5 Å². The Morgan fingerprint density at radius 1 is 0.321 bits per heavy atom. The molecule has 0 bridgehead atoms. The van der Waals surface area contributed by atoms with Gasteiger partial charge in [0.15, 0.2) is 0 Å². The third-order valence-corrected chi connectivity index (χ3v) is 18.6. The normalized spacial score (nSPS) is 12.5. The van der Waals surface area contributed by atoms with Gasteiger partial charge in [0.05, 0.1) is 25.4 Å². The van der Waals surface area contributed by atoms with Gasteiger partial charge in [-0.15, -0.1) is 0 Å². The number of carbonyl (C=O) groups is 2. The summed E-state index contributed by atoms with van der Waals surface area (Å²) in [6, 6.07) is -0.534. The van der Waals surface area contributed by atoms with Gasteiger partial charge in [0.1, 0.15) is 0 Å². The Kier molecular flexibility index (Phi) is 72.8. The summed E-state index contributed by atoms with van der Waals surface area (Å²) in [4.78, 5) is 24.6. The molecule has 0 aliphatic rings. The van der Waals surface area contributed by atoms with Gasteiger partial charge < -0.3 is 20.3 Å². The summed E-state index contributed by atoms with van der Waals surface area (Å²) in [5.41, 5.74) is 0. The van der Waals surface area contributed by atoms with E-state index in [1.54, 1.807) is 0 Å². The van der Waals surface area contributed by atoms with Gasteiger partial charge in [-0.3, -0.25) is 9.59 Å². The number of hydrogen-bond donors (Lipinski definition) is 3.